The second-order valence-corrected chi connectivity index (χ2v) is 8.01. The monoisotopic (exact) mass is 553 g/mol. The van der Waals surface area contributed by atoms with Gasteiger partial charge in [0.1, 0.15) is 0 Å². The first kappa shape index (κ1) is 26.2. The predicted molar refractivity (Wildman–Crippen MR) is 127 cm³/mol. The molecule has 0 heterocycles. The first-order valence-electron chi connectivity index (χ1n) is 10.8. The van der Waals surface area contributed by atoms with Crippen LogP contribution in [0.4, 0.5) is 0 Å². The van der Waals surface area contributed by atoms with Gasteiger partial charge in [0.25, 0.3) is 0 Å². The van der Waals surface area contributed by atoms with Crippen LogP contribution in [0.5, 0.6) is 0 Å². The molecule has 4 aromatic carbocycles. The van der Waals surface area contributed by atoms with Crippen molar-refractivity contribution in [1.29, 1.82) is 0 Å². The summed E-state index contributed by atoms with van der Waals surface area (Å²) in [5.41, 5.74) is 7.57. The molecule has 0 amide bonds. The molecule has 0 N–H and O–H groups in total. The van der Waals surface area contributed by atoms with E-state index in [1.165, 1.54) is 49.1 Å². The molecule has 0 aliphatic heterocycles. The summed E-state index contributed by atoms with van der Waals surface area (Å²) in [6.45, 7) is 0. The van der Waals surface area contributed by atoms with Crippen LogP contribution in [0.15, 0.2) is 121 Å². The summed E-state index contributed by atoms with van der Waals surface area (Å²) in [6.07, 6.45) is 7.63. The smallest absolute Gasteiger partial charge is 1.00 e. The fraction of sp³-hybridized carbons (Fsp3) is 0.0323. The van der Waals surface area contributed by atoms with Gasteiger partial charge in [-0.1, -0.05) is 147 Å². The first-order valence-corrected chi connectivity index (χ1v) is 10.8. The van der Waals surface area contributed by atoms with Crippen LogP contribution in [-0.2, 0) is 26.2 Å². The van der Waals surface area contributed by atoms with Crippen LogP contribution >= 0.6 is 0 Å². The van der Waals surface area contributed by atoms with Crippen molar-refractivity contribution in [2.24, 2.45) is 0 Å². The Morgan fingerprint density at radius 3 is 1.79 bits per heavy atom. The molecular weight excluding hydrogens is 534 g/mol. The van der Waals surface area contributed by atoms with Gasteiger partial charge in [0, 0.05) is 0 Å². The van der Waals surface area contributed by atoms with Gasteiger partial charge < -0.3 is 24.8 Å². The van der Waals surface area contributed by atoms with E-state index in [1.807, 2.05) is 0 Å². The van der Waals surface area contributed by atoms with Crippen molar-refractivity contribution in [2.45, 2.75) is 6.42 Å². The molecule has 163 valence electrons. The summed E-state index contributed by atoms with van der Waals surface area (Å²) >= 11 is 0. The first-order chi connectivity index (χ1) is 15.4. The topological polar surface area (TPSA) is 0 Å². The van der Waals surface area contributed by atoms with Crippen LogP contribution < -0.4 is 35.3 Å². The molecule has 0 saturated heterocycles. The molecule has 4 aromatic rings. The molecule has 34 heavy (non-hydrogen) atoms. The maximum Gasteiger partial charge on any atom is 3.00 e. The van der Waals surface area contributed by atoms with Gasteiger partial charge >= 0.3 is 26.2 Å². The van der Waals surface area contributed by atoms with E-state index < -0.39 is 0 Å². The quantitative estimate of drug-likeness (QED) is 0.297. The van der Waals surface area contributed by atoms with Crippen molar-refractivity contribution in [3.63, 3.8) is 0 Å². The van der Waals surface area contributed by atoms with Crippen molar-refractivity contribution in [2.75, 3.05) is 0 Å². The Kier molecular flexibility index (Phi) is 8.72. The molecule has 3 heteroatoms. The van der Waals surface area contributed by atoms with E-state index in [0.29, 0.717) is 0 Å². The fourth-order valence-electron chi connectivity index (χ4n) is 4.79. The molecule has 0 unspecified atom stereocenters. The number of fused-ring (bicyclic) bond motifs is 2. The molecular formula is C31H21Cl2Zr. The minimum atomic E-state index is 0. The van der Waals surface area contributed by atoms with Crippen LogP contribution in [0, 0.1) is 16.5 Å². The zero-order valence-electron chi connectivity index (χ0n) is 18.4. The Labute approximate surface area is 231 Å². The van der Waals surface area contributed by atoms with Crippen LogP contribution in [0.3, 0.4) is 0 Å². The zero-order chi connectivity index (χ0) is 20.6. The summed E-state index contributed by atoms with van der Waals surface area (Å²) in [4.78, 5) is 0. The zero-order valence-corrected chi connectivity index (χ0v) is 22.4. The Bertz CT molecular complexity index is 1540. The number of benzene rings is 4. The number of hydrogen-bond acceptors (Lipinski definition) is 0. The van der Waals surface area contributed by atoms with Crippen molar-refractivity contribution < 1.29 is 51.0 Å². The molecule has 0 atom stereocenters. The third-order valence-corrected chi connectivity index (χ3v) is 6.17. The Morgan fingerprint density at radius 1 is 0.618 bits per heavy atom. The van der Waals surface area contributed by atoms with Gasteiger partial charge in [-0.3, -0.25) is 0 Å². The van der Waals surface area contributed by atoms with Gasteiger partial charge in [0.2, 0.25) is 0 Å². The van der Waals surface area contributed by atoms with Crippen molar-refractivity contribution in [1.82, 2.24) is 0 Å². The number of allylic oxidation sites excluding steroid dienone is 4. The van der Waals surface area contributed by atoms with Crippen LogP contribution in [0.25, 0.3) is 11.1 Å². The molecule has 0 saturated carbocycles. The molecule has 0 aromatic heterocycles. The van der Waals surface area contributed by atoms with Crippen molar-refractivity contribution in [3.8, 4) is 0 Å². The Morgan fingerprint density at radius 2 is 1.21 bits per heavy atom. The molecule has 0 fully saturated rings. The van der Waals surface area contributed by atoms with E-state index in [9.17, 15) is 0 Å². The molecule has 0 nitrogen and oxygen atoms in total. The van der Waals surface area contributed by atoms with Crippen molar-refractivity contribution in [3.05, 3.63) is 164 Å². The van der Waals surface area contributed by atoms with E-state index in [4.69, 9.17) is 0 Å². The van der Waals surface area contributed by atoms with E-state index in [-0.39, 0.29) is 51.0 Å². The predicted octanol–water partition coefficient (Wildman–Crippen LogP) is -0.575. The maximum atomic E-state index is 3.85. The SMILES string of the molecule is [Cl-].[Cl-].[Zr+3].[c-]1c2c(ccc1=C(c1ccccc1)c1ccccc1)=c1ccccc1=C2C1=CC=CC1. The van der Waals surface area contributed by atoms with Crippen LogP contribution in [0.2, 0.25) is 0 Å². The summed E-state index contributed by atoms with van der Waals surface area (Å²) < 4.78 is 0. The van der Waals surface area contributed by atoms with Crippen molar-refractivity contribution >= 4 is 11.1 Å². The van der Waals surface area contributed by atoms with Gasteiger partial charge in [-0.05, 0) is 6.42 Å². The minimum absolute atomic E-state index is 0. The third kappa shape index (κ3) is 4.58. The molecule has 1 radical (unpaired) electrons. The van der Waals surface area contributed by atoms with E-state index in [1.54, 1.807) is 0 Å². The Hall–Kier alpha value is -2.44. The summed E-state index contributed by atoms with van der Waals surface area (Å²) in [7, 11) is 0. The largest absolute Gasteiger partial charge is 3.00 e. The van der Waals surface area contributed by atoms with Crippen LogP contribution in [0.1, 0.15) is 23.1 Å². The molecule has 0 spiro atoms. The second kappa shape index (κ2) is 11.3. The normalized spacial score (nSPS) is 12.5. The maximum absolute atomic E-state index is 3.85. The average molecular weight is 556 g/mol. The number of rotatable bonds is 3. The summed E-state index contributed by atoms with van der Waals surface area (Å²) in [6, 6.07) is 38.4. The summed E-state index contributed by atoms with van der Waals surface area (Å²) in [5.74, 6) is 0. The number of hydrogen-bond donors (Lipinski definition) is 0. The molecule has 2 aliphatic carbocycles. The molecule has 2 aliphatic rings. The van der Waals surface area contributed by atoms with E-state index in [2.05, 4.69) is 121 Å². The molecule has 6 rings (SSSR count). The van der Waals surface area contributed by atoms with Gasteiger partial charge in [-0.15, -0.1) is 29.0 Å². The van der Waals surface area contributed by atoms with Crippen LogP contribution in [-0.4, -0.2) is 0 Å². The number of halogens is 2. The minimum Gasteiger partial charge on any atom is -1.00 e. The standard InChI is InChI=1S/C31H21.2ClH.Zr/c1-3-11-22(12-4-1)30(23-13-5-2-6-14-23)25-19-20-27-26-17-9-10-18-28(26)31(29(27)21-25)24-15-7-8-16-24;;;/h1-15,17-20H,16H2;2*1H;/q-1;;;+3/p-2. The van der Waals surface area contributed by atoms with E-state index >= 15 is 0 Å². The van der Waals surface area contributed by atoms with Gasteiger partial charge in [0.05, 0.1) is 0 Å². The average Bonchev–Trinajstić information content (AvgIpc) is 3.46. The Balaban J connectivity index is 0.00000108. The van der Waals surface area contributed by atoms with Gasteiger partial charge in [-0.25, -0.2) is 0 Å². The fourth-order valence-corrected chi connectivity index (χ4v) is 4.79. The summed E-state index contributed by atoms with van der Waals surface area (Å²) in [5, 5.41) is 5.04. The van der Waals surface area contributed by atoms with E-state index in [0.717, 1.165) is 11.6 Å². The third-order valence-electron chi connectivity index (χ3n) is 6.17. The van der Waals surface area contributed by atoms with Gasteiger partial charge in [-0.2, -0.15) is 0 Å². The van der Waals surface area contributed by atoms with Gasteiger partial charge in [0.15, 0.2) is 0 Å². The molecule has 0 bridgehead atoms. The second-order valence-electron chi connectivity index (χ2n) is 8.01.